The van der Waals surface area contributed by atoms with Crippen molar-refractivity contribution in [2.45, 2.75) is 13.0 Å². The Labute approximate surface area is 132 Å². The van der Waals surface area contributed by atoms with Gasteiger partial charge in [0.15, 0.2) is 0 Å². The van der Waals surface area contributed by atoms with Gasteiger partial charge in [-0.05, 0) is 6.92 Å². The Balaban J connectivity index is 1.73. The standard InChI is InChI=1S/C13H26N4O4S/c1-12(11-15-7-9-21-10-8-15)14-13(18)16-3-5-17(6-4-16)22(2,19)20/h12H,3-11H2,1-2H3,(H,14,18)/t12-/m1/s1. The number of hydrogen-bond donors (Lipinski definition) is 1. The van der Waals surface area contributed by atoms with Crippen LogP contribution in [0.2, 0.25) is 0 Å². The second-order valence-corrected chi connectivity index (χ2v) is 7.90. The van der Waals surface area contributed by atoms with Gasteiger partial charge in [0.2, 0.25) is 10.0 Å². The molecule has 2 heterocycles. The van der Waals surface area contributed by atoms with E-state index in [-0.39, 0.29) is 12.1 Å². The maximum atomic E-state index is 12.2. The molecule has 2 aliphatic rings. The van der Waals surface area contributed by atoms with Crippen molar-refractivity contribution in [1.29, 1.82) is 0 Å². The monoisotopic (exact) mass is 334 g/mol. The minimum atomic E-state index is -3.16. The number of ether oxygens (including phenoxy) is 1. The molecule has 0 aromatic rings. The zero-order chi connectivity index (χ0) is 16.2. The summed E-state index contributed by atoms with van der Waals surface area (Å²) >= 11 is 0. The Morgan fingerprint density at radius 2 is 1.73 bits per heavy atom. The number of piperazine rings is 1. The van der Waals surface area contributed by atoms with Gasteiger partial charge in [0.25, 0.3) is 0 Å². The van der Waals surface area contributed by atoms with Gasteiger partial charge < -0.3 is 15.0 Å². The van der Waals surface area contributed by atoms with Gasteiger partial charge in [-0.2, -0.15) is 4.31 Å². The molecule has 1 atom stereocenters. The lowest BCUT2D eigenvalue weighted by Crippen LogP contribution is -2.55. The summed E-state index contributed by atoms with van der Waals surface area (Å²) in [5.74, 6) is 0. The first-order valence-electron chi connectivity index (χ1n) is 7.67. The van der Waals surface area contributed by atoms with Gasteiger partial charge >= 0.3 is 6.03 Å². The highest BCUT2D eigenvalue weighted by Gasteiger charge is 2.26. The van der Waals surface area contributed by atoms with Gasteiger partial charge in [0.05, 0.1) is 19.5 Å². The van der Waals surface area contributed by atoms with Crippen LogP contribution in [0.5, 0.6) is 0 Å². The second-order valence-electron chi connectivity index (χ2n) is 5.91. The molecule has 0 aliphatic carbocycles. The van der Waals surface area contributed by atoms with Crippen molar-refractivity contribution < 1.29 is 17.9 Å². The number of urea groups is 1. The molecule has 2 aliphatic heterocycles. The highest BCUT2D eigenvalue weighted by Crippen LogP contribution is 2.06. The number of nitrogens with one attached hydrogen (secondary N) is 1. The molecule has 2 rings (SSSR count). The smallest absolute Gasteiger partial charge is 0.317 e. The molecule has 0 radical (unpaired) electrons. The van der Waals surface area contributed by atoms with Crippen molar-refractivity contribution in [3.8, 4) is 0 Å². The van der Waals surface area contributed by atoms with Crippen LogP contribution >= 0.6 is 0 Å². The van der Waals surface area contributed by atoms with Crippen LogP contribution in [0.15, 0.2) is 0 Å². The number of carbonyl (C=O) groups is 1. The van der Waals surface area contributed by atoms with Gasteiger partial charge in [-0.15, -0.1) is 0 Å². The Morgan fingerprint density at radius 3 is 2.27 bits per heavy atom. The first kappa shape index (κ1) is 17.5. The zero-order valence-electron chi connectivity index (χ0n) is 13.3. The molecule has 0 spiro atoms. The number of carbonyl (C=O) groups excluding carboxylic acids is 1. The van der Waals surface area contributed by atoms with Crippen molar-refractivity contribution in [1.82, 2.24) is 19.4 Å². The average molecular weight is 334 g/mol. The van der Waals surface area contributed by atoms with Crippen molar-refractivity contribution >= 4 is 16.1 Å². The van der Waals surface area contributed by atoms with E-state index in [0.717, 1.165) is 32.8 Å². The topological polar surface area (TPSA) is 82.2 Å². The Bertz CT molecular complexity index is 470. The zero-order valence-corrected chi connectivity index (χ0v) is 14.1. The largest absolute Gasteiger partial charge is 0.379 e. The number of rotatable bonds is 4. The van der Waals surface area contributed by atoms with Crippen LogP contribution in [-0.2, 0) is 14.8 Å². The van der Waals surface area contributed by atoms with Crippen molar-refractivity contribution in [2.75, 3.05) is 65.3 Å². The van der Waals surface area contributed by atoms with E-state index in [1.54, 1.807) is 4.90 Å². The number of amides is 2. The van der Waals surface area contributed by atoms with E-state index in [2.05, 4.69) is 10.2 Å². The van der Waals surface area contributed by atoms with Crippen molar-refractivity contribution in [3.63, 3.8) is 0 Å². The van der Waals surface area contributed by atoms with Gasteiger partial charge in [-0.3, -0.25) is 4.90 Å². The van der Waals surface area contributed by atoms with Gasteiger partial charge in [0, 0.05) is 51.9 Å². The first-order valence-corrected chi connectivity index (χ1v) is 9.52. The van der Waals surface area contributed by atoms with Crippen molar-refractivity contribution in [2.24, 2.45) is 0 Å². The summed E-state index contributed by atoms with van der Waals surface area (Å²) in [6.07, 6.45) is 1.20. The first-order chi connectivity index (χ1) is 10.4. The molecule has 2 fully saturated rings. The molecule has 0 saturated carbocycles. The number of hydrogen-bond acceptors (Lipinski definition) is 5. The quantitative estimate of drug-likeness (QED) is 0.713. The van der Waals surface area contributed by atoms with E-state index >= 15 is 0 Å². The normalized spacial score (nSPS) is 23.3. The third-order valence-corrected chi connectivity index (χ3v) is 5.30. The number of nitrogens with zero attached hydrogens (tertiary/aromatic N) is 3. The van der Waals surface area contributed by atoms with Crippen LogP contribution in [0, 0.1) is 0 Å². The van der Waals surface area contributed by atoms with E-state index in [9.17, 15) is 13.2 Å². The maximum Gasteiger partial charge on any atom is 0.317 e. The summed E-state index contributed by atoms with van der Waals surface area (Å²) in [5, 5.41) is 2.99. The lowest BCUT2D eigenvalue weighted by atomic mass is 10.3. The van der Waals surface area contributed by atoms with Crippen LogP contribution < -0.4 is 5.32 Å². The fourth-order valence-electron chi connectivity index (χ4n) is 2.74. The third-order valence-electron chi connectivity index (χ3n) is 4.00. The van der Waals surface area contributed by atoms with Crippen LogP contribution in [0.1, 0.15) is 6.92 Å². The van der Waals surface area contributed by atoms with E-state index in [1.165, 1.54) is 10.6 Å². The summed E-state index contributed by atoms with van der Waals surface area (Å²) in [5.41, 5.74) is 0. The molecule has 1 N–H and O–H groups in total. The van der Waals surface area contributed by atoms with Gasteiger partial charge in [-0.25, -0.2) is 13.2 Å². The molecule has 0 aromatic carbocycles. The summed E-state index contributed by atoms with van der Waals surface area (Å²) in [7, 11) is -3.16. The highest BCUT2D eigenvalue weighted by atomic mass is 32.2. The van der Waals surface area contributed by atoms with E-state index in [4.69, 9.17) is 4.74 Å². The lowest BCUT2D eigenvalue weighted by Gasteiger charge is -2.35. The molecule has 0 aromatic heterocycles. The fraction of sp³-hybridized carbons (Fsp3) is 0.923. The molecular weight excluding hydrogens is 308 g/mol. The molecule has 2 amide bonds. The molecular formula is C13H26N4O4S. The minimum Gasteiger partial charge on any atom is -0.379 e. The highest BCUT2D eigenvalue weighted by molar-refractivity contribution is 7.88. The van der Waals surface area contributed by atoms with E-state index in [0.29, 0.717) is 26.2 Å². The van der Waals surface area contributed by atoms with E-state index < -0.39 is 10.0 Å². The second kappa shape index (κ2) is 7.58. The van der Waals surface area contributed by atoms with Gasteiger partial charge in [-0.1, -0.05) is 0 Å². The number of morpholine rings is 1. The fourth-order valence-corrected chi connectivity index (χ4v) is 3.57. The van der Waals surface area contributed by atoms with E-state index in [1.807, 2.05) is 6.92 Å². The van der Waals surface area contributed by atoms with Gasteiger partial charge in [0.1, 0.15) is 0 Å². The van der Waals surface area contributed by atoms with Crippen LogP contribution in [-0.4, -0.2) is 99.9 Å². The maximum absolute atomic E-state index is 12.2. The van der Waals surface area contributed by atoms with Crippen LogP contribution in [0.3, 0.4) is 0 Å². The van der Waals surface area contributed by atoms with Crippen LogP contribution in [0.4, 0.5) is 4.79 Å². The molecule has 0 bridgehead atoms. The Hall–Kier alpha value is -0.900. The van der Waals surface area contributed by atoms with Crippen LogP contribution in [0.25, 0.3) is 0 Å². The Kier molecular flexibility index (Phi) is 6.01. The predicted octanol–water partition coefficient (Wildman–Crippen LogP) is -1.01. The molecule has 0 unspecified atom stereocenters. The summed E-state index contributed by atoms with van der Waals surface area (Å²) in [4.78, 5) is 16.2. The molecule has 8 nitrogen and oxygen atoms in total. The lowest BCUT2D eigenvalue weighted by molar-refractivity contribution is 0.0345. The molecule has 2 saturated heterocycles. The van der Waals surface area contributed by atoms with Crippen molar-refractivity contribution in [3.05, 3.63) is 0 Å². The molecule has 128 valence electrons. The Morgan fingerprint density at radius 1 is 1.14 bits per heavy atom. The SMILES string of the molecule is C[C@H](CN1CCOCC1)NC(=O)N1CCN(S(C)(=O)=O)CC1. The summed E-state index contributed by atoms with van der Waals surface area (Å²) in [6, 6.07) is -0.0625. The predicted molar refractivity (Wildman–Crippen MR) is 83.2 cm³/mol. The third kappa shape index (κ3) is 5.08. The molecule has 9 heteroatoms. The molecule has 22 heavy (non-hydrogen) atoms. The number of sulfonamides is 1. The summed E-state index contributed by atoms with van der Waals surface area (Å²) < 4.78 is 29.6. The minimum absolute atomic E-state index is 0.0542. The average Bonchev–Trinajstić information content (AvgIpc) is 2.47. The summed E-state index contributed by atoms with van der Waals surface area (Å²) in [6.45, 7) is 7.67.